The van der Waals surface area contributed by atoms with Gasteiger partial charge < -0.3 is 15.2 Å². The van der Waals surface area contributed by atoms with Gasteiger partial charge in [-0.1, -0.05) is 17.7 Å². The molecule has 0 saturated carbocycles. The van der Waals surface area contributed by atoms with Crippen LogP contribution in [0.15, 0.2) is 24.3 Å². The van der Waals surface area contributed by atoms with Gasteiger partial charge in [0.05, 0.1) is 0 Å². The Bertz CT molecular complexity index is 332. The zero-order chi connectivity index (χ0) is 10.7. The molecule has 1 heterocycles. The molecule has 1 aliphatic heterocycles. The molecule has 0 radical (unpaired) electrons. The first-order valence-corrected chi connectivity index (χ1v) is 5.44. The second-order valence-corrected chi connectivity index (χ2v) is 4.11. The maximum Gasteiger partial charge on any atom is 0.127 e. The number of piperidine rings is 1. The number of hydrogen-bond donors (Lipinski definition) is 2. The summed E-state index contributed by atoms with van der Waals surface area (Å²) in [6, 6.07) is 7.25. The summed E-state index contributed by atoms with van der Waals surface area (Å²) in [5, 5.41) is 13.4. The van der Waals surface area contributed by atoms with Crippen LogP contribution in [-0.2, 0) is 0 Å². The van der Waals surface area contributed by atoms with Gasteiger partial charge in [0.25, 0.3) is 0 Å². The standard InChI is InChI=1S/C11H14ClNO2/c12-8-2-1-3-9(6-8)15-11-4-5-13-7-10(11)14/h1-3,6,10-11,13-14H,4-5,7H2/t10-,11-/m0/s1. The number of halogens is 1. The van der Waals surface area contributed by atoms with Crippen molar-refractivity contribution in [2.45, 2.75) is 18.6 Å². The van der Waals surface area contributed by atoms with E-state index in [4.69, 9.17) is 16.3 Å². The molecule has 1 aromatic carbocycles. The molecule has 82 valence electrons. The lowest BCUT2D eigenvalue weighted by atomic mass is 10.1. The maximum absolute atomic E-state index is 9.68. The van der Waals surface area contributed by atoms with Crippen LogP contribution in [-0.4, -0.2) is 30.4 Å². The van der Waals surface area contributed by atoms with Gasteiger partial charge in [0.2, 0.25) is 0 Å². The van der Waals surface area contributed by atoms with E-state index in [0.717, 1.165) is 13.0 Å². The van der Waals surface area contributed by atoms with Crippen LogP contribution < -0.4 is 10.1 Å². The highest BCUT2D eigenvalue weighted by Crippen LogP contribution is 2.20. The molecular formula is C11H14ClNO2. The largest absolute Gasteiger partial charge is 0.488 e. The molecular weight excluding hydrogens is 214 g/mol. The average Bonchev–Trinajstić information content (AvgIpc) is 2.22. The van der Waals surface area contributed by atoms with Crippen molar-refractivity contribution in [3.8, 4) is 5.75 Å². The van der Waals surface area contributed by atoms with Crippen molar-refractivity contribution in [3.63, 3.8) is 0 Å². The third-order valence-electron chi connectivity index (χ3n) is 2.47. The molecule has 1 fully saturated rings. The molecule has 4 heteroatoms. The summed E-state index contributed by atoms with van der Waals surface area (Å²) in [5.41, 5.74) is 0. The smallest absolute Gasteiger partial charge is 0.127 e. The van der Waals surface area contributed by atoms with Gasteiger partial charge in [0.1, 0.15) is 18.0 Å². The van der Waals surface area contributed by atoms with Crippen molar-refractivity contribution in [1.29, 1.82) is 0 Å². The third-order valence-corrected chi connectivity index (χ3v) is 2.71. The molecule has 2 atom stereocenters. The molecule has 0 aromatic heterocycles. The molecule has 0 aliphatic carbocycles. The molecule has 0 amide bonds. The van der Waals surface area contributed by atoms with Gasteiger partial charge in [-0.05, 0) is 31.2 Å². The molecule has 1 saturated heterocycles. The summed E-state index contributed by atoms with van der Waals surface area (Å²) in [6.45, 7) is 1.47. The zero-order valence-corrected chi connectivity index (χ0v) is 9.07. The molecule has 1 aliphatic rings. The van der Waals surface area contributed by atoms with Crippen LogP contribution in [0.3, 0.4) is 0 Å². The van der Waals surface area contributed by atoms with Crippen LogP contribution in [0.4, 0.5) is 0 Å². The normalized spacial score (nSPS) is 26.3. The van der Waals surface area contributed by atoms with Crippen molar-refractivity contribution in [1.82, 2.24) is 5.32 Å². The Morgan fingerprint density at radius 3 is 3.07 bits per heavy atom. The van der Waals surface area contributed by atoms with Gasteiger partial charge >= 0.3 is 0 Å². The van der Waals surface area contributed by atoms with Crippen LogP contribution in [0.25, 0.3) is 0 Å². The van der Waals surface area contributed by atoms with Crippen molar-refractivity contribution >= 4 is 11.6 Å². The highest BCUT2D eigenvalue weighted by Gasteiger charge is 2.24. The predicted octanol–water partition coefficient (Wildman–Crippen LogP) is 1.44. The molecule has 2 rings (SSSR count). The van der Waals surface area contributed by atoms with Crippen molar-refractivity contribution in [2.75, 3.05) is 13.1 Å². The highest BCUT2D eigenvalue weighted by molar-refractivity contribution is 6.30. The predicted molar refractivity (Wildman–Crippen MR) is 59.4 cm³/mol. The Balaban J connectivity index is 2.01. The summed E-state index contributed by atoms with van der Waals surface area (Å²) in [4.78, 5) is 0. The van der Waals surface area contributed by atoms with E-state index in [0.29, 0.717) is 17.3 Å². The number of ether oxygens (including phenoxy) is 1. The maximum atomic E-state index is 9.68. The summed E-state index contributed by atoms with van der Waals surface area (Å²) < 4.78 is 5.67. The first-order chi connectivity index (χ1) is 7.25. The minimum atomic E-state index is -0.447. The Kier molecular flexibility index (Phi) is 3.46. The number of β-amino-alcohol motifs (C(OH)–C–C–N with tert-alkyl or cyclic N) is 1. The minimum Gasteiger partial charge on any atom is -0.488 e. The van der Waals surface area contributed by atoms with E-state index in [9.17, 15) is 5.11 Å². The van der Waals surface area contributed by atoms with Gasteiger partial charge in [-0.15, -0.1) is 0 Å². The Hall–Kier alpha value is -0.770. The van der Waals surface area contributed by atoms with E-state index >= 15 is 0 Å². The lowest BCUT2D eigenvalue weighted by Gasteiger charge is -2.28. The van der Waals surface area contributed by atoms with Gasteiger partial charge in [-0.25, -0.2) is 0 Å². The third kappa shape index (κ3) is 2.84. The molecule has 0 spiro atoms. The molecule has 0 bridgehead atoms. The van der Waals surface area contributed by atoms with Gasteiger partial charge in [0, 0.05) is 11.6 Å². The fourth-order valence-electron chi connectivity index (χ4n) is 1.67. The van der Waals surface area contributed by atoms with Gasteiger partial charge in [-0.3, -0.25) is 0 Å². The van der Waals surface area contributed by atoms with Crippen molar-refractivity contribution < 1.29 is 9.84 Å². The van der Waals surface area contributed by atoms with E-state index in [1.165, 1.54) is 0 Å². The molecule has 15 heavy (non-hydrogen) atoms. The first-order valence-electron chi connectivity index (χ1n) is 5.07. The molecule has 1 aromatic rings. The minimum absolute atomic E-state index is 0.135. The highest BCUT2D eigenvalue weighted by atomic mass is 35.5. The Morgan fingerprint density at radius 2 is 2.33 bits per heavy atom. The van der Waals surface area contributed by atoms with Crippen LogP contribution in [0, 0.1) is 0 Å². The quantitative estimate of drug-likeness (QED) is 0.804. The average molecular weight is 228 g/mol. The second kappa shape index (κ2) is 4.84. The first kappa shape index (κ1) is 10.7. The van der Waals surface area contributed by atoms with Gasteiger partial charge in [0.15, 0.2) is 0 Å². The number of aliphatic hydroxyl groups excluding tert-OH is 1. The number of aliphatic hydroxyl groups is 1. The Labute approximate surface area is 94.0 Å². The van der Waals surface area contributed by atoms with Crippen molar-refractivity contribution in [3.05, 3.63) is 29.3 Å². The Morgan fingerprint density at radius 1 is 1.47 bits per heavy atom. The lowest BCUT2D eigenvalue weighted by molar-refractivity contribution is 0.0163. The summed E-state index contributed by atoms with van der Waals surface area (Å²) in [5.74, 6) is 0.716. The fraction of sp³-hybridized carbons (Fsp3) is 0.455. The van der Waals surface area contributed by atoms with E-state index in [2.05, 4.69) is 5.32 Å². The van der Waals surface area contributed by atoms with Crippen LogP contribution in [0.2, 0.25) is 5.02 Å². The zero-order valence-electron chi connectivity index (χ0n) is 8.32. The van der Waals surface area contributed by atoms with E-state index in [-0.39, 0.29) is 6.10 Å². The lowest BCUT2D eigenvalue weighted by Crippen LogP contribution is -2.46. The number of hydrogen-bond acceptors (Lipinski definition) is 3. The van der Waals surface area contributed by atoms with E-state index in [1.54, 1.807) is 12.1 Å². The fourth-order valence-corrected chi connectivity index (χ4v) is 1.85. The number of rotatable bonds is 2. The second-order valence-electron chi connectivity index (χ2n) is 3.67. The van der Waals surface area contributed by atoms with Crippen LogP contribution in [0.5, 0.6) is 5.75 Å². The molecule has 0 unspecified atom stereocenters. The number of benzene rings is 1. The van der Waals surface area contributed by atoms with E-state index in [1.807, 2.05) is 12.1 Å². The monoisotopic (exact) mass is 227 g/mol. The topological polar surface area (TPSA) is 41.5 Å². The van der Waals surface area contributed by atoms with Crippen molar-refractivity contribution in [2.24, 2.45) is 0 Å². The molecule has 3 nitrogen and oxygen atoms in total. The van der Waals surface area contributed by atoms with Gasteiger partial charge in [-0.2, -0.15) is 0 Å². The summed E-state index contributed by atoms with van der Waals surface area (Å²) in [7, 11) is 0. The summed E-state index contributed by atoms with van der Waals surface area (Å²) >= 11 is 5.84. The molecule has 2 N–H and O–H groups in total. The SMILES string of the molecule is O[C@H]1CNCC[C@@H]1Oc1cccc(Cl)c1. The van der Waals surface area contributed by atoms with E-state index < -0.39 is 6.10 Å². The van der Waals surface area contributed by atoms with Crippen LogP contribution >= 0.6 is 11.6 Å². The number of nitrogens with one attached hydrogen (secondary N) is 1. The van der Waals surface area contributed by atoms with Crippen LogP contribution in [0.1, 0.15) is 6.42 Å². The summed E-state index contributed by atoms with van der Waals surface area (Å²) in [6.07, 6.45) is 0.232.